The van der Waals surface area contributed by atoms with E-state index in [2.05, 4.69) is 10.4 Å². The van der Waals surface area contributed by atoms with E-state index in [9.17, 15) is 9.59 Å². The minimum Gasteiger partial charge on any atom is -0.324 e. The average molecular weight is 338 g/mol. The molecule has 0 radical (unpaired) electrons. The minimum absolute atomic E-state index is 0.0532. The Bertz CT molecular complexity index is 1020. The number of amides is 1. The molecule has 1 amide bonds. The predicted octanol–water partition coefficient (Wildman–Crippen LogP) is 2.61. The number of nitrogens with one attached hydrogen (secondary N) is 1. The lowest BCUT2D eigenvalue weighted by molar-refractivity contribution is -0.116. The van der Waals surface area contributed by atoms with Crippen molar-refractivity contribution in [3.8, 4) is 0 Å². The quantitative estimate of drug-likeness (QED) is 0.798. The maximum atomic E-state index is 12.6. The first kappa shape index (κ1) is 17.0. The molecule has 2 aromatic heterocycles. The minimum atomic E-state index is -0.233. The Kier molecular flexibility index (Phi) is 4.20. The van der Waals surface area contributed by atoms with Gasteiger partial charge in [0.2, 0.25) is 5.91 Å². The average Bonchev–Trinajstić information content (AvgIpc) is 2.82. The fourth-order valence-electron chi connectivity index (χ4n) is 3.34. The Balaban J connectivity index is 2.01. The molecule has 0 saturated heterocycles. The van der Waals surface area contributed by atoms with Gasteiger partial charge in [-0.2, -0.15) is 5.10 Å². The first-order chi connectivity index (χ1) is 11.8. The van der Waals surface area contributed by atoms with Crippen molar-refractivity contribution in [2.45, 2.75) is 34.2 Å². The number of benzene rings is 1. The van der Waals surface area contributed by atoms with Crippen molar-refractivity contribution in [2.24, 2.45) is 7.05 Å². The van der Waals surface area contributed by atoms with Crippen molar-refractivity contribution in [1.82, 2.24) is 14.3 Å². The van der Waals surface area contributed by atoms with Crippen molar-refractivity contribution in [3.05, 3.63) is 57.0 Å². The van der Waals surface area contributed by atoms with Gasteiger partial charge in [0.05, 0.1) is 5.69 Å². The Morgan fingerprint density at radius 1 is 1.12 bits per heavy atom. The van der Waals surface area contributed by atoms with E-state index in [4.69, 9.17) is 0 Å². The normalized spacial score (nSPS) is 11.1. The van der Waals surface area contributed by atoms with Gasteiger partial charge in [-0.05, 0) is 44.4 Å². The van der Waals surface area contributed by atoms with Gasteiger partial charge in [0.1, 0.15) is 12.2 Å². The van der Waals surface area contributed by atoms with E-state index in [0.29, 0.717) is 5.65 Å². The molecule has 6 nitrogen and oxygen atoms in total. The molecule has 2 heterocycles. The zero-order valence-electron chi connectivity index (χ0n) is 15.2. The molecule has 0 bridgehead atoms. The Labute approximate surface area is 146 Å². The summed E-state index contributed by atoms with van der Waals surface area (Å²) in [5.74, 6) is -0.233. The number of aromatic nitrogens is 3. The second-order valence-electron chi connectivity index (χ2n) is 6.47. The number of aryl methyl sites for hydroxylation is 5. The number of para-hydroxylation sites is 1. The molecule has 6 heteroatoms. The lowest BCUT2D eigenvalue weighted by Gasteiger charge is -2.13. The Hall–Kier alpha value is -2.89. The van der Waals surface area contributed by atoms with Crippen molar-refractivity contribution in [1.29, 1.82) is 0 Å². The van der Waals surface area contributed by atoms with E-state index in [0.717, 1.165) is 33.5 Å². The smallest absolute Gasteiger partial charge is 0.252 e. The number of rotatable bonds is 3. The molecule has 0 atom stereocenters. The lowest BCUT2D eigenvalue weighted by Crippen LogP contribution is -2.29. The highest BCUT2D eigenvalue weighted by molar-refractivity contribution is 5.93. The maximum absolute atomic E-state index is 12.6. The molecule has 0 spiro atoms. The predicted molar refractivity (Wildman–Crippen MR) is 99.0 cm³/mol. The van der Waals surface area contributed by atoms with E-state index in [-0.39, 0.29) is 18.0 Å². The van der Waals surface area contributed by atoms with Crippen molar-refractivity contribution >= 4 is 22.6 Å². The maximum Gasteiger partial charge on any atom is 0.252 e. The van der Waals surface area contributed by atoms with E-state index in [1.54, 1.807) is 17.8 Å². The van der Waals surface area contributed by atoms with E-state index < -0.39 is 0 Å². The van der Waals surface area contributed by atoms with Crippen molar-refractivity contribution in [3.63, 3.8) is 0 Å². The number of carbonyl (C=O) groups excluding carboxylic acids is 1. The molecular weight excluding hydrogens is 316 g/mol. The van der Waals surface area contributed by atoms with Gasteiger partial charge in [-0.15, -0.1) is 0 Å². The first-order valence-corrected chi connectivity index (χ1v) is 8.19. The van der Waals surface area contributed by atoms with E-state index >= 15 is 0 Å². The summed E-state index contributed by atoms with van der Waals surface area (Å²) in [6.07, 6.45) is 0. The van der Waals surface area contributed by atoms with Crippen LogP contribution in [0.1, 0.15) is 22.4 Å². The van der Waals surface area contributed by atoms with Crippen LogP contribution in [0.25, 0.3) is 11.0 Å². The van der Waals surface area contributed by atoms with Gasteiger partial charge in [-0.1, -0.05) is 18.2 Å². The van der Waals surface area contributed by atoms with Crippen LogP contribution in [0.4, 0.5) is 5.69 Å². The largest absolute Gasteiger partial charge is 0.324 e. The third kappa shape index (κ3) is 2.95. The monoisotopic (exact) mass is 338 g/mol. The third-order valence-corrected chi connectivity index (χ3v) is 4.50. The van der Waals surface area contributed by atoms with Crippen LogP contribution in [-0.2, 0) is 18.4 Å². The van der Waals surface area contributed by atoms with Crippen LogP contribution < -0.4 is 10.9 Å². The molecule has 0 aliphatic carbocycles. The second kappa shape index (κ2) is 6.20. The van der Waals surface area contributed by atoms with Crippen LogP contribution >= 0.6 is 0 Å². The SMILES string of the molecule is Cc1cccc(C)c1NC(=O)Cn1c(=O)cc(C)c2c(C)nn(C)c21. The number of pyridine rings is 1. The van der Waals surface area contributed by atoms with Crippen LogP contribution in [0.15, 0.2) is 29.1 Å². The third-order valence-electron chi connectivity index (χ3n) is 4.50. The standard InChI is InChI=1S/C19H22N4O2/c1-11-7-6-8-12(2)18(11)20-15(24)10-23-16(25)9-13(3)17-14(4)21-22(5)19(17)23/h6-9H,10H2,1-5H3,(H,20,24). The molecule has 130 valence electrons. The zero-order chi connectivity index (χ0) is 18.3. The number of nitrogens with zero attached hydrogens (tertiary/aromatic N) is 3. The number of anilines is 1. The second-order valence-corrected chi connectivity index (χ2v) is 6.47. The molecule has 0 aliphatic heterocycles. The summed E-state index contributed by atoms with van der Waals surface area (Å²) >= 11 is 0. The number of fused-ring (bicyclic) bond motifs is 1. The highest BCUT2D eigenvalue weighted by atomic mass is 16.2. The van der Waals surface area contributed by atoms with Crippen LogP contribution in [0.2, 0.25) is 0 Å². The Morgan fingerprint density at radius 2 is 1.76 bits per heavy atom. The van der Waals surface area contributed by atoms with Gasteiger partial charge in [-0.3, -0.25) is 18.8 Å². The van der Waals surface area contributed by atoms with Gasteiger partial charge in [0.15, 0.2) is 0 Å². The molecular formula is C19H22N4O2. The fourth-order valence-corrected chi connectivity index (χ4v) is 3.34. The van der Waals surface area contributed by atoms with Crippen LogP contribution in [0.5, 0.6) is 0 Å². The van der Waals surface area contributed by atoms with Gasteiger partial charge in [0.25, 0.3) is 5.56 Å². The van der Waals surface area contributed by atoms with Gasteiger partial charge < -0.3 is 5.32 Å². The molecule has 3 rings (SSSR count). The summed E-state index contributed by atoms with van der Waals surface area (Å²) in [4.78, 5) is 25.1. The van der Waals surface area contributed by atoms with Gasteiger partial charge >= 0.3 is 0 Å². The van der Waals surface area contributed by atoms with Crippen LogP contribution in [0.3, 0.4) is 0 Å². The lowest BCUT2D eigenvalue weighted by atomic mass is 10.1. The summed E-state index contributed by atoms with van der Waals surface area (Å²) in [5.41, 5.74) is 4.96. The summed E-state index contributed by atoms with van der Waals surface area (Å²) in [6.45, 7) is 7.63. The Morgan fingerprint density at radius 3 is 2.40 bits per heavy atom. The zero-order valence-corrected chi connectivity index (χ0v) is 15.2. The first-order valence-electron chi connectivity index (χ1n) is 8.19. The van der Waals surface area contributed by atoms with Crippen LogP contribution in [0, 0.1) is 27.7 Å². The molecule has 0 unspecified atom stereocenters. The van der Waals surface area contributed by atoms with Crippen LogP contribution in [-0.4, -0.2) is 20.3 Å². The number of hydrogen-bond acceptors (Lipinski definition) is 3. The molecule has 0 aliphatic rings. The molecule has 1 N–H and O–H groups in total. The van der Waals surface area contributed by atoms with E-state index in [1.807, 2.05) is 45.9 Å². The molecule has 25 heavy (non-hydrogen) atoms. The summed E-state index contributed by atoms with van der Waals surface area (Å²) in [5, 5.41) is 8.25. The number of hydrogen-bond donors (Lipinski definition) is 1. The highest BCUT2D eigenvalue weighted by Crippen LogP contribution is 2.21. The van der Waals surface area contributed by atoms with Gasteiger partial charge in [0, 0.05) is 24.2 Å². The van der Waals surface area contributed by atoms with Crippen molar-refractivity contribution < 1.29 is 4.79 Å². The van der Waals surface area contributed by atoms with E-state index in [1.165, 1.54) is 4.57 Å². The topological polar surface area (TPSA) is 68.9 Å². The fraction of sp³-hybridized carbons (Fsp3) is 0.316. The summed E-state index contributed by atoms with van der Waals surface area (Å²) in [7, 11) is 1.79. The summed E-state index contributed by atoms with van der Waals surface area (Å²) in [6, 6.07) is 7.41. The molecule has 1 aromatic carbocycles. The molecule has 0 fully saturated rings. The summed E-state index contributed by atoms with van der Waals surface area (Å²) < 4.78 is 3.14. The van der Waals surface area contributed by atoms with Gasteiger partial charge in [-0.25, -0.2) is 0 Å². The highest BCUT2D eigenvalue weighted by Gasteiger charge is 2.16. The number of carbonyl (C=O) groups is 1. The van der Waals surface area contributed by atoms with Crippen molar-refractivity contribution in [2.75, 3.05) is 5.32 Å². The molecule has 0 saturated carbocycles. The molecule has 3 aromatic rings.